The Hall–Kier alpha value is -0.120. The van der Waals surface area contributed by atoms with Crippen LogP contribution in [-0.2, 0) is 0 Å². The number of hydrogen-bond donors (Lipinski definition) is 3. The highest BCUT2D eigenvalue weighted by Crippen LogP contribution is 2.25. The van der Waals surface area contributed by atoms with E-state index in [1.807, 2.05) is 0 Å². The average molecular weight is 130 g/mol. The molecule has 0 aromatic heterocycles. The third kappa shape index (κ3) is 1.64. The standard InChI is InChI=1S/C6H14N2O/c1-7-8-6(9)4-2-3-5-6/h7-9H,2-5H2,1H3. The highest BCUT2D eigenvalue weighted by atomic mass is 16.3. The molecule has 0 heterocycles. The van der Waals surface area contributed by atoms with Crippen LogP contribution in [0, 0.1) is 0 Å². The lowest BCUT2D eigenvalue weighted by Crippen LogP contribution is -2.48. The summed E-state index contributed by atoms with van der Waals surface area (Å²) in [6.07, 6.45) is 4.00. The van der Waals surface area contributed by atoms with Crippen molar-refractivity contribution >= 4 is 0 Å². The molecule has 0 bridgehead atoms. The highest BCUT2D eigenvalue weighted by molar-refractivity contribution is 4.79. The molecule has 3 N–H and O–H groups in total. The maximum absolute atomic E-state index is 9.52. The van der Waals surface area contributed by atoms with Gasteiger partial charge in [0, 0.05) is 0 Å². The number of nitrogens with one attached hydrogen (secondary N) is 2. The van der Waals surface area contributed by atoms with Gasteiger partial charge in [-0.05, 0) is 32.7 Å². The zero-order valence-electron chi connectivity index (χ0n) is 5.78. The van der Waals surface area contributed by atoms with Crippen molar-refractivity contribution < 1.29 is 5.11 Å². The smallest absolute Gasteiger partial charge is 0.128 e. The van der Waals surface area contributed by atoms with E-state index in [2.05, 4.69) is 10.9 Å². The molecular weight excluding hydrogens is 116 g/mol. The van der Waals surface area contributed by atoms with Crippen molar-refractivity contribution in [1.29, 1.82) is 0 Å². The second kappa shape index (κ2) is 2.64. The van der Waals surface area contributed by atoms with Crippen LogP contribution in [0.25, 0.3) is 0 Å². The summed E-state index contributed by atoms with van der Waals surface area (Å²) in [6, 6.07) is 0. The molecule has 54 valence electrons. The Labute approximate surface area is 55.4 Å². The van der Waals surface area contributed by atoms with Crippen molar-refractivity contribution in [2.75, 3.05) is 7.05 Å². The predicted octanol–water partition coefficient (Wildman–Crippen LogP) is -0.0270. The van der Waals surface area contributed by atoms with Crippen LogP contribution in [0.15, 0.2) is 0 Å². The van der Waals surface area contributed by atoms with E-state index in [0.29, 0.717) is 0 Å². The van der Waals surface area contributed by atoms with Crippen LogP contribution in [0.1, 0.15) is 25.7 Å². The van der Waals surface area contributed by atoms with Crippen LogP contribution in [0.2, 0.25) is 0 Å². The van der Waals surface area contributed by atoms with E-state index in [0.717, 1.165) is 25.7 Å². The first kappa shape index (κ1) is 6.99. The normalized spacial score (nSPS) is 24.7. The van der Waals surface area contributed by atoms with Crippen molar-refractivity contribution in [2.24, 2.45) is 0 Å². The van der Waals surface area contributed by atoms with Gasteiger partial charge in [0.05, 0.1) is 0 Å². The van der Waals surface area contributed by atoms with E-state index in [1.165, 1.54) is 0 Å². The predicted molar refractivity (Wildman–Crippen MR) is 35.6 cm³/mol. The maximum atomic E-state index is 9.52. The molecule has 0 atom stereocenters. The number of aliphatic hydroxyl groups is 1. The zero-order chi connectivity index (χ0) is 6.74. The SMILES string of the molecule is CNNC1(O)CCCC1. The van der Waals surface area contributed by atoms with Gasteiger partial charge < -0.3 is 5.11 Å². The molecule has 0 amide bonds. The molecule has 1 fully saturated rings. The molecule has 0 aromatic rings. The summed E-state index contributed by atoms with van der Waals surface area (Å²) < 4.78 is 0. The van der Waals surface area contributed by atoms with Gasteiger partial charge in [0.2, 0.25) is 0 Å². The van der Waals surface area contributed by atoms with E-state index >= 15 is 0 Å². The molecule has 0 aromatic carbocycles. The minimum Gasteiger partial charge on any atom is -0.375 e. The molecule has 0 spiro atoms. The molecule has 1 aliphatic rings. The van der Waals surface area contributed by atoms with Crippen LogP contribution in [0.5, 0.6) is 0 Å². The molecule has 0 unspecified atom stereocenters. The van der Waals surface area contributed by atoms with Gasteiger partial charge in [-0.25, -0.2) is 5.43 Å². The topological polar surface area (TPSA) is 44.3 Å². The number of hydrazine groups is 1. The monoisotopic (exact) mass is 130 g/mol. The Bertz CT molecular complexity index is 89.1. The maximum Gasteiger partial charge on any atom is 0.128 e. The van der Waals surface area contributed by atoms with Gasteiger partial charge in [-0.15, -0.1) is 0 Å². The first-order valence-corrected chi connectivity index (χ1v) is 3.43. The summed E-state index contributed by atoms with van der Waals surface area (Å²) in [5, 5.41) is 9.52. The third-order valence-electron chi connectivity index (χ3n) is 1.79. The van der Waals surface area contributed by atoms with Crippen molar-refractivity contribution in [3.8, 4) is 0 Å². The fourth-order valence-corrected chi connectivity index (χ4v) is 1.32. The van der Waals surface area contributed by atoms with Crippen LogP contribution < -0.4 is 10.9 Å². The van der Waals surface area contributed by atoms with E-state index in [1.54, 1.807) is 7.05 Å². The first-order chi connectivity index (χ1) is 4.27. The molecule has 1 aliphatic carbocycles. The van der Waals surface area contributed by atoms with Crippen molar-refractivity contribution in [2.45, 2.75) is 31.4 Å². The first-order valence-electron chi connectivity index (χ1n) is 3.43. The Morgan fingerprint density at radius 2 is 1.89 bits per heavy atom. The minimum absolute atomic E-state index is 0.616. The summed E-state index contributed by atoms with van der Waals surface area (Å²) in [7, 11) is 1.77. The Morgan fingerprint density at radius 3 is 2.33 bits per heavy atom. The minimum atomic E-state index is -0.616. The Balaban J connectivity index is 2.32. The molecule has 0 radical (unpaired) electrons. The summed E-state index contributed by atoms with van der Waals surface area (Å²) in [5.41, 5.74) is 4.96. The summed E-state index contributed by atoms with van der Waals surface area (Å²) in [5.74, 6) is 0. The van der Waals surface area contributed by atoms with Gasteiger partial charge in [-0.3, -0.25) is 5.43 Å². The fourth-order valence-electron chi connectivity index (χ4n) is 1.32. The molecular formula is C6H14N2O. The van der Waals surface area contributed by atoms with E-state index in [9.17, 15) is 5.11 Å². The van der Waals surface area contributed by atoms with Crippen LogP contribution in [0.4, 0.5) is 0 Å². The molecule has 9 heavy (non-hydrogen) atoms. The van der Waals surface area contributed by atoms with Crippen LogP contribution in [-0.4, -0.2) is 17.9 Å². The van der Waals surface area contributed by atoms with Crippen molar-refractivity contribution in [1.82, 2.24) is 10.9 Å². The average Bonchev–Trinajstić information content (AvgIpc) is 2.16. The fraction of sp³-hybridized carbons (Fsp3) is 1.00. The second-order valence-corrected chi connectivity index (χ2v) is 2.61. The molecule has 0 saturated heterocycles. The third-order valence-corrected chi connectivity index (χ3v) is 1.79. The van der Waals surface area contributed by atoms with E-state index < -0.39 is 5.72 Å². The molecule has 1 rings (SSSR count). The van der Waals surface area contributed by atoms with Crippen LogP contribution >= 0.6 is 0 Å². The van der Waals surface area contributed by atoms with Gasteiger partial charge >= 0.3 is 0 Å². The Morgan fingerprint density at radius 1 is 1.33 bits per heavy atom. The summed E-state index contributed by atoms with van der Waals surface area (Å²) in [4.78, 5) is 0. The van der Waals surface area contributed by atoms with Gasteiger partial charge in [-0.1, -0.05) is 0 Å². The number of hydrogen-bond acceptors (Lipinski definition) is 3. The number of rotatable bonds is 2. The summed E-state index contributed by atoms with van der Waals surface area (Å²) in [6.45, 7) is 0. The van der Waals surface area contributed by atoms with E-state index in [4.69, 9.17) is 0 Å². The molecule has 3 heteroatoms. The largest absolute Gasteiger partial charge is 0.375 e. The van der Waals surface area contributed by atoms with Gasteiger partial charge in [0.1, 0.15) is 5.72 Å². The highest BCUT2D eigenvalue weighted by Gasteiger charge is 2.29. The molecule has 3 nitrogen and oxygen atoms in total. The molecule has 1 saturated carbocycles. The Kier molecular flexibility index (Phi) is 2.05. The molecule has 0 aliphatic heterocycles. The van der Waals surface area contributed by atoms with Crippen molar-refractivity contribution in [3.63, 3.8) is 0 Å². The second-order valence-electron chi connectivity index (χ2n) is 2.61. The van der Waals surface area contributed by atoms with Crippen molar-refractivity contribution in [3.05, 3.63) is 0 Å². The zero-order valence-corrected chi connectivity index (χ0v) is 5.78. The lowest BCUT2D eigenvalue weighted by atomic mass is 10.2. The quantitative estimate of drug-likeness (QED) is 0.363. The van der Waals surface area contributed by atoms with Gasteiger partial charge in [0.25, 0.3) is 0 Å². The lowest BCUT2D eigenvalue weighted by molar-refractivity contribution is 0.000705. The van der Waals surface area contributed by atoms with Gasteiger partial charge in [0.15, 0.2) is 0 Å². The van der Waals surface area contributed by atoms with Crippen LogP contribution in [0.3, 0.4) is 0 Å². The summed E-state index contributed by atoms with van der Waals surface area (Å²) >= 11 is 0. The van der Waals surface area contributed by atoms with Gasteiger partial charge in [-0.2, -0.15) is 0 Å². The lowest BCUT2D eigenvalue weighted by Gasteiger charge is -2.22. The van der Waals surface area contributed by atoms with E-state index in [-0.39, 0.29) is 0 Å².